The number of nitrogens with zero attached hydrogens (tertiary/aromatic N) is 1. The van der Waals surface area contributed by atoms with Gasteiger partial charge in [-0.2, -0.15) is 0 Å². The zero-order valence-electron chi connectivity index (χ0n) is 10.6. The number of hydrogen-bond acceptors (Lipinski definition) is 3. The molecule has 0 aromatic rings. The molecule has 5 heteroatoms. The van der Waals surface area contributed by atoms with Crippen molar-refractivity contribution in [1.29, 1.82) is 0 Å². The summed E-state index contributed by atoms with van der Waals surface area (Å²) in [5, 5.41) is 19.2. The quantitative estimate of drug-likeness (QED) is 0.145. The van der Waals surface area contributed by atoms with Gasteiger partial charge in [0.05, 0.1) is 0 Å². The summed E-state index contributed by atoms with van der Waals surface area (Å²) in [6.07, 6.45) is 9.96. The summed E-state index contributed by atoms with van der Waals surface area (Å²) < 4.78 is 0. The minimum Gasteiger partial charge on any atom is -0.859 e. The number of aliphatic imine (C=N–C) groups is 1. The fourth-order valence-electron chi connectivity index (χ4n) is 1.10. The van der Waals surface area contributed by atoms with Crippen molar-refractivity contribution in [3.05, 3.63) is 24.3 Å². The summed E-state index contributed by atoms with van der Waals surface area (Å²) in [7, 11) is 0. The molecule has 0 fully saturated rings. The van der Waals surface area contributed by atoms with Crippen LogP contribution in [0.15, 0.2) is 29.3 Å². The van der Waals surface area contributed by atoms with Crippen LogP contribution in [0.5, 0.6) is 0 Å². The van der Waals surface area contributed by atoms with Gasteiger partial charge in [-0.3, -0.25) is 0 Å². The van der Waals surface area contributed by atoms with E-state index in [0.717, 1.165) is 37.8 Å². The molecule has 0 saturated heterocycles. The van der Waals surface area contributed by atoms with Crippen LogP contribution >= 0.6 is 0 Å². The number of carboxylic acids is 1. The van der Waals surface area contributed by atoms with Crippen molar-refractivity contribution < 1.29 is 66.4 Å². The van der Waals surface area contributed by atoms with E-state index in [9.17, 15) is 9.90 Å². The number of carbonyl (C=O) groups is 1. The van der Waals surface area contributed by atoms with Crippen LogP contribution in [0.25, 0.3) is 0 Å². The van der Waals surface area contributed by atoms with E-state index in [-0.39, 0.29) is 51.4 Å². The van der Waals surface area contributed by atoms with E-state index in [2.05, 4.69) is 11.1 Å². The molecule has 0 radical (unpaired) electrons. The van der Waals surface area contributed by atoms with E-state index in [1.165, 1.54) is 0 Å². The number of hydrogen-bond donors (Lipinski definition) is 1. The Hall–Kier alpha value is 0.0564. The van der Waals surface area contributed by atoms with Gasteiger partial charge in [-0.15, -0.1) is 0 Å². The largest absolute Gasteiger partial charge is 1.00 e. The molecule has 0 saturated carbocycles. The maximum absolute atomic E-state index is 11.0. The summed E-state index contributed by atoms with van der Waals surface area (Å²) in [6, 6.07) is 0. The second-order valence-electron chi connectivity index (χ2n) is 3.31. The number of rotatable bonds is 8. The van der Waals surface area contributed by atoms with Gasteiger partial charge in [0.15, 0.2) is 0 Å². The van der Waals surface area contributed by atoms with Gasteiger partial charge in [-0.05, 0) is 38.2 Å². The maximum Gasteiger partial charge on any atom is 1.00 e. The minimum atomic E-state index is -1.13. The second-order valence-corrected chi connectivity index (χ2v) is 3.31. The summed E-state index contributed by atoms with van der Waals surface area (Å²) in [6.45, 7) is 2.46. The fraction of sp³-hybridized carbons (Fsp3) is 0.500. The van der Waals surface area contributed by atoms with Crippen LogP contribution < -0.4 is 56.5 Å². The molecule has 0 aromatic carbocycles. The Morgan fingerprint density at radius 2 is 2.00 bits per heavy atom. The fourth-order valence-corrected chi connectivity index (χ4v) is 1.10. The molecule has 0 amide bonds. The van der Waals surface area contributed by atoms with Gasteiger partial charge in [-0.1, -0.05) is 18.6 Å². The van der Waals surface area contributed by atoms with Crippen LogP contribution in [0.3, 0.4) is 0 Å². The first-order valence-electron chi connectivity index (χ1n) is 5.40. The molecule has 0 aliphatic carbocycles. The van der Waals surface area contributed by atoms with Crippen LogP contribution in [-0.2, 0) is 4.79 Å². The Labute approximate surface area is 145 Å². The molecule has 1 N–H and O–H groups in total. The van der Waals surface area contributed by atoms with Gasteiger partial charge in [0.25, 0.3) is 0 Å². The third kappa shape index (κ3) is 16.1. The summed E-state index contributed by atoms with van der Waals surface area (Å²) in [5.41, 5.74) is 0. The van der Waals surface area contributed by atoms with E-state index in [1.807, 2.05) is 13.0 Å². The van der Waals surface area contributed by atoms with E-state index in [0.29, 0.717) is 6.54 Å². The van der Waals surface area contributed by atoms with Crippen LogP contribution in [-0.4, -0.2) is 23.5 Å². The monoisotopic (exact) mass is 263 g/mol. The van der Waals surface area contributed by atoms with Crippen LogP contribution in [0.4, 0.5) is 0 Å². The molecule has 0 atom stereocenters. The van der Waals surface area contributed by atoms with Crippen LogP contribution in [0.1, 0.15) is 32.6 Å². The molecule has 4 nitrogen and oxygen atoms in total. The van der Waals surface area contributed by atoms with Gasteiger partial charge in [0, 0.05) is 12.6 Å². The molecule has 90 valence electrons. The molecule has 0 bridgehead atoms. The standard InChI is InChI=1S/C12H19NO3.K/c1-2-3-4-5-6-7-10-13-11(14)8-9-12(15)16;/h2-3,8-9H,4-7,10H2,1H3,(H,13,14)(H,15,16);/q;+1/p-1/b3-2+,9-8+;. The number of unbranched alkanes of at least 4 members (excludes halogenated alkanes) is 3. The van der Waals surface area contributed by atoms with Crippen LogP contribution in [0.2, 0.25) is 0 Å². The average molecular weight is 263 g/mol. The van der Waals surface area contributed by atoms with Crippen molar-refractivity contribution in [3.63, 3.8) is 0 Å². The molecule has 17 heavy (non-hydrogen) atoms. The summed E-state index contributed by atoms with van der Waals surface area (Å²) in [4.78, 5) is 13.8. The molecule has 0 aliphatic heterocycles. The topological polar surface area (TPSA) is 72.7 Å². The Morgan fingerprint density at radius 3 is 2.59 bits per heavy atom. The van der Waals surface area contributed by atoms with Crippen molar-refractivity contribution in [2.24, 2.45) is 4.99 Å². The molecular formula is C12H18KNO3. The Bertz CT molecular complexity index is 285. The third-order valence-corrected chi connectivity index (χ3v) is 1.90. The van der Waals surface area contributed by atoms with Gasteiger partial charge in [-0.25, -0.2) is 4.79 Å². The first kappa shape index (κ1) is 19.4. The van der Waals surface area contributed by atoms with Gasteiger partial charge in [0.2, 0.25) is 0 Å². The normalized spacial score (nSPS) is 11.9. The number of aliphatic carboxylic acids is 1. The molecule has 0 heterocycles. The zero-order chi connectivity index (χ0) is 12.2. The predicted molar refractivity (Wildman–Crippen MR) is 62.4 cm³/mol. The zero-order valence-corrected chi connectivity index (χ0v) is 13.7. The molecule has 0 spiro atoms. The molecule has 0 unspecified atom stereocenters. The van der Waals surface area contributed by atoms with E-state index in [1.54, 1.807) is 0 Å². The van der Waals surface area contributed by atoms with Crippen molar-refractivity contribution in [3.8, 4) is 0 Å². The SMILES string of the molecule is C/C=C/CCCCCN=C([O-])/C=C/C(=O)O.[K+]. The Balaban J connectivity index is 0. The van der Waals surface area contributed by atoms with Crippen LogP contribution in [0, 0.1) is 0 Å². The van der Waals surface area contributed by atoms with Gasteiger partial charge >= 0.3 is 57.4 Å². The third-order valence-electron chi connectivity index (χ3n) is 1.90. The van der Waals surface area contributed by atoms with Crippen molar-refractivity contribution in [2.45, 2.75) is 32.6 Å². The van der Waals surface area contributed by atoms with E-state index < -0.39 is 11.9 Å². The maximum atomic E-state index is 11.0. The smallest absolute Gasteiger partial charge is 0.859 e. The average Bonchev–Trinajstić information content (AvgIpc) is 2.25. The molecule has 0 aromatic heterocycles. The van der Waals surface area contributed by atoms with E-state index in [4.69, 9.17) is 5.11 Å². The second kappa shape index (κ2) is 14.1. The van der Waals surface area contributed by atoms with Crippen molar-refractivity contribution in [1.82, 2.24) is 0 Å². The van der Waals surface area contributed by atoms with Gasteiger partial charge in [0.1, 0.15) is 0 Å². The van der Waals surface area contributed by atoms with E-state index >= 15 is 0 Å². The first-order valence-corrected chi connectivity index (χ1v) is 5.40. The number of allylic oxidation sites excluding steroid dienone is 2. The summed E-state index contributed by atoms with van der Waals surface area (Å²) in [5.74, 6) is -1.61. The Kier molecular flexibility index (Phi) is 16.1. The molecule has 0 aliphatic rings. The predicted octanol–water partition coefficient (Wildman–Crippen LogP) is -1.47. The molecule has 0 rings (SSSR count). The summed E-state index contributed by atoms with van der Waals surface area (Å²) >= 11 is 0. The first-order chi connectivity index (χ1) is 7.66. The van der Waals surface area contributed by atoms with Gasteiger partial charge < -0.3 is 15.2 Å². The molecular weight excluding hydrogens is 245 g/mol. The Morgan fingerprint density at radius 1 is 1.29 bits per heavy atom. The number of carboxylic acid groups (broad SMARTS) is 1. The van der Waals surface area contributed by atoms with Crippen molar-refractivity contribution >= 4 is 11.9 Å². The van der Waals surface area contributed by atoms with Crippen molar-refractivity contribution in [2.75, 3.05) is 6.54 Å². The minimum absolute atomic E-state index is 0.